The van der Waals surface area contributed by atoms with Crippen molar-refractivity contribution in [1.29, 1.82) is 0 Å². The normalized spacial score (nSPS) is 27.5. The number of aliphatic hydroxyl groups is 1. The smallest absolute Gasteiger partial charge is 0.448 e. The van der Waals surface area contributed by atoms with Gasteiger partial charge in [0.1, 0.15) is 6.61 Å². The standard InChI is InChI=1S/C34H38BNO6/c1-32(2)33(3,4)42-35(41-32)23-11-9-10-22(16-23)34(38)17-24-19-39-20-25(18-34)36(24)31(37)40-21-30-28-14-7-5-12-26(28)27-13-6-8-15-29(27)30/h5-16,24-25,30,38H,17-21H2,1-4H3. The Morgan fingerprint density at radius 1 is 0.881 bits per heavy atom. The van der Waals surface area contributed by atoms with E-state index in [-0.39, 0.29) is 30.7 Å². The van der Waals surface area contributed by atoms with Gasteiger partial charge in [-0.1, -0.05) is 72.8 Å². The molecule has 0 radical (unpaired) electrons. The molecule has 0 aromatic heterocycles. The predicted octanol–water partition coefficient (Wildman–Crippen LogP) is 4.99. The summed E-state index contributed by atoms with van der Waals surface area (Å²) >= 11 is 0. The Kier molecular flexibility index (Phi) is 6.55. The van der Waals surface area contributed by atoms with Crippen LogP contribution >= 0.6 is 0 Å². The van der Waals surface area contributed by atoms with Crippen LogP contribution in [0.3, 0.4) is 0 Å². The van der Waals surface area contributed by atoms with Gasteiger partial charge in [0.15, 0.2) is 0 Å². The average molecular weight is 567 g/mol. The van der Waals surface area contributed by atoms with Crippen LogP contribution in [0.1, 0.15) is 63.1 Å². The highest BCUT2D eigenvalue weighted by Crippen LogP contribution is 2.45. The first kappa shape index (κ1) is 27.7. The number of benzene rings is 3. The molecule has 2 unspecified atom stereocenters. The van der Waals surface area contributed by atoms with Crippen molar-refractivity contribution in [3.63, 3.8) is 0 Å². The first-order valence-corrected chi connectivity index (χ1v) is 15.0. The molecule has 0 saturated carbocycles. The van der Waals surface area contributed by atoms with E-state index >= 15 is 0 Å². The summed E-state index contributed by atoms with van der Waals surface area (Å²) in [5, 5.41) is 12.0. The van der Waals surface area contributed by atoms with Gasteiger partial charge >= 0.3 is 13.2 Å². The van der Waals surface area contributed by atoms with Crippen LogP contribution in [0.5, 0.6) is 0 Å². The Morgan fingerprint density at radius 3 is 2.05 bits per heavy atom. The Hall–Kier alpha value is -3.17. The molecular weight excluding hydrogens is 529 g/mol. The number of fused-ring (bicyclic) bond motifs is 5. The van der Waals surface area contributed by atoms with Gasteiger partial charge in [0.05, 0.1) is 42.1 Å². The van der Waals surface area contributed by atoms with Crippen LogP contribution in [-0.4, -0.2) is 66.3 Å². The number of hydrogen-bond donors (Lipinski definition) is 1. The Bertz CT molecular complexity index is 1450. The first-order chi connectivity index (χ1) is 20.1. The molecule has 3 aromatic carbocycles. The molecule has 8 heteroatoms. The van der Waals surface area contributed by atoms with Crippen LogP contribution in [-0.2, 0) is 24.4 Å². The minimum atomic E-state index is -1.11. The van der Waals surface area contributed by atoms with E-state index in [0.717, 1.165) is 11.0 Å². The van der Waals surface area contributed by atoms with Crippen molar-refractivity contribution in [2.75, 3.05) is 19.8 Å². The van der Waals surface area contributed by atoms with Crippen LogP contribution < -0.4 is 5.46 Å². The quantitative estimate of drug-likeness (QED) is 0.448. The zero-order valence-corrected chi connectivity index (χ0v) is 24.7. The van der Waals surface area contributed by atoms with E-state index < -0.39 is 23.9 Å². The SMILES string of the molecule is CC1(C)OB(c2cccc(C3(O)CC4COCC(C3)N4C(=O)OCC3c4ccccc4-c4ccccc43)c2)OC1(C)C. The van der Waals surface area contributed by atoms with Crippen molar-refractivity contribution < 1.29 is 28.7 Å². The highest BCUT2D eigenvalue weighted by molar-refractivity contribution is 6.62. The Balaban J connectivity index is 1.08. The highest BCUT2D eigenvalue weighted by Gasteiger charge is 2.53. The van der Waals surface area contributed by atoms with Gasteiger partial charge in [-0.3, -0.25) is 4.90 Å². The van der Waals surface area contributed by atoms with E-state index in [2.05, 4.69) is 24.3 Å². The van der Waals surface area contributed by atoms with Gasteiger partial charge in [-0.05, 0) is 61.0 Å². The van der Waals surface area contributed by atoms with E-state index in [1.807, 2.05) is 81.1 Å². The fourth-order valence-electron chi connectivity index (χ4n) is 7.13. The van der Waals surface area contributed by atoms with Gasteiger partial charge in [0.2, 0.25) is 0 Å². The zero-order valence-electron chi connectivity index (χ0n) is 24.7. The van der Waals surface area contributed by atoms with Crippen molar-refractivity contribution in [1.82, 2.24) is 4.90 Å². The lowest BCUT2D eigenvalue weighted by molar-refractivity contribution is -0.136. The van der Waals surface area contributed by atoms with Crippen LogP contribution in [0.2, 0.25) is 0 Å². The largest absolute Gasteiger partial charge is 0.494 e. The van der Waals surface area contributed by atoms with E-state index in [0.29, 0.717) is 26.1 Å². The lowest BCUT2D eigenvalue weighted by Gasteiger charge is -2.51. The molecule has 3 aromatic rings. The number of hydrogen-bond acceptors (Lipinski definition) is 6. The summed E-state index contributed by atoms with van der Waals surface area (Å²) in [4.78, 5) is 15.4. The molecule has 1 amide bonds. The van der Waals surface area contributed by atoms with E-state index in [4.69, 9.17) is 18.8 Å². The molecule has 1 aliphatic carbocycles. The second-order valence-electron chi connectivity index (χ2n) is 13.2. The maximum atomic E-state index is 13.6. The second kappa shape index (κ2) is 9.95. The fourth-order valence-corrected chi connectivity index (χ4v) is 7.13. The van der Waals surface area contributed by atoms with Crippen LogP contribution in [0, 0.1) is 0 Å². The number of morpholine rings is 1. The first-order valence-electron chi connectivity index (χ1n) is 15.0. The van der Waals surface area contributed by atoms with Gasteiger partial charge in [-0.15, -0.1) is 0 Å². The molecule has 3 fully saturated rings. The molecule has 218 valence electrons. The van der Waals surface area contributed by atoms with Crippen molar-refractivity contribution in [3.05, 3.63) is 89.5 Å². The molecule has 3 heterocycles. The molecule has 7 rings (SSSR count). The number of rotatable bonds is 4. The van der Waals surface area contributed by atoms with Gasteiger partial charge in [-0.2, -0.15) is 0 Å². The molecule has 2 bridgehead atoms. The maximum absolute atomic E-state index is 13.6. The molecule has 7 nitrogen and oxygen atoms in total. The number of nitrogens with zero attached hydrogens (tertiary/aromatic N) is 1. The number of piperidine rings is 1. The molecular formula is C34H38BNO6. The van der Waals surface area contributed by atoms with Crippen molar-refractivity contribution in [2.45, 2.75) is 75.3 Å². The summed E-state index contributed by atoms with van der Waals surface area (Å²) in [5.74, 6) is -0.00289. The molecule has 0 spiro atoms. The van der Waals surface area contributed by atoms with E-state index in [1.54, 1.807) is 0 Å². The maximum Gasteiger partial charge on any atom is 0.494 e. The van der Waals surface area contributed by atoms with Crippen molar-refractivity contribution in [2.24, 2.45) is 0 Å². The summed E-state index contributed by atoms with van der Waals surface area (Å²) in [7, 11) is -0.512. The molecule has 42 heavy (non-hydrogen) atoms. The minimum absolute atomic E-state index is 0.00289. The zero-order chi connectivity index (χ0) is 29.3. The fraction of sp³-hybridized carbons (Fsp3) is 0.441. The number of carbonyl (C=O) groups is 1. The van der Waals surface area contributed by atoms with Gasteiger partial charge in [0, 0.05) is 18.8 Å². The van der Waals surface area contributed by atoms with E-state index in [9.17, 15) is 9.90 Å². The monoisotopic (exact) mass is 567 g/mol. The molecule has 2 atom stereocenters. The van der Waals surface area contributed by atoms with Crippen LogP contribution in [0.15, 0.2) is 72.8 Å². The lowest BCUT2D eigenvalue weighted by atomic mass is 9.73. The lowest BCUT2D eigenvalue weighted by Crippen LogP contribution is -2.62. The molecule has 3 saturated heterocycles. The molecule has 4 aliphatic rings. The predicted molar refractivity (Wildman–Crippen MR) is 161 cm³/mol. The number of carbonyl (C=O) groups excluding carboxylic acids is 1. The third-order valence-corrected chi connectivity index (χ3v) is 10.1. The second-order valence-corrected chi connectivity index (χ2v) is 13.2. The van der Waals surface area contributed by atoms with Gasteiger partial charge < -0.3 is 23.9 Å². The third kappa shape index (κ3) is 4.47. The Morgan fingerprint density at radius 2 is 1.45 bits per heavy atom. The topological polar surface area (TPSA) is 77.5 Å². The summed E-state index contributed by atoms with van der Waals surface area (Å²) in [6.07, 6.45) is 0.379. The van der Waals surface area contributed by atoms with Gasteiger partial charge in [0.25, 0.3) is 0 Å². The van der Waals surface area contributed by atoms with Crippen LogP contribution in [0.25, 0.3) is 11.1 Å². The molecule has 1 N–H and O–H groups in total. The molecule has 3 aliphatic heterocycles. The van der Waals surface area contributed by atoms with Gasteiger partial charge in [-0.25, -0.2) is 4.79 Å². The summed E-state index contributed by atoms with van der Waals surface area (Å²) in [6, 6.07) is 23.9. The van der Waals surface area contributed by atoms with Crippen molar-refractivity contribution in [3.8, 4) is 11.1 Å². The van der Waals surface area contributed by atoms with E-state index in [1.165, 1.54) is 22.3 Å². The summed E-state index contributed by atoms with van der Waals surface area (Å²) < 4.78 is 24.4. The average Bonchev–Trinajstić information content (AvgIpc) is 3.40. The summed E-state index contributed by atoms with van der Waals surface area (Å²) in [5.41, 5.74) is 4.43. The van der Waals surface area contributed by atoms with Crippen molar-refractivity contribution >= 4 is 18.7 Å². The number of amides is 1. The Labute approximate surface area is 247 Å². The number of ether oxygens (including phenoxy) is 2. The third-order valence-electron chi connectivity index (χ3n) is 10.1. The highest BCUT2D eigenvalue weighted by atomic mass is 16.7. The minimum Gasteiger partial charge on any atom is -0.448 e. The summed E-state index contributed by atoms with van der Waals surface area (Å²) in [6.45, 7) is 9.12. The van der Waals surface area contributed by atoms with Crippen LogP contribution in [0.4, 0.5) is 4.79 Å².